The summed E-state index contributed by atoms with van der Waals surface area (Å²) in [6.07, 6.45) is 5.34. The molecule has 6 heteroatoms. The molecule has 2 amide bonds. The smallest absolute Gasteiger partial charge is 0.242 e. The topological polar surface area (TPSA) is 95.7 Å². The molecule has 1 saturated heterocycles. The van der Waals surface area contributed by atoms with Crippen molar-refractivity contribution < 1.29 is 14.7 Å². The minimum absolute atomic E-state index is 0.0310. The van der Waals surface area contributed by atoms with Gasteiger partial charge in [-0.25, -0.2) is 0 Å². The molecule has 0 radical (unpaired) electrons. The number of carbonyl (C=O) groups is 2. The molecule has 4 N–H and O–H groups in total. The van der Waals surface area contributed by atoms with Crippen LogP contribution in [0.25, 0.3) is 0 Å². The lowest BCUT2D eigenvalue weighted by Gasteiger charge is -2.40. The van der Waals surface area contributed by atoms with Crippen molar-refractivity contribution >= 4 is 11.8 Å². The molecular weight excluding hydrogens is 378 g/mol. The second-order valence-corrected chi connectivity index (χ2v) is 7.54. The number of primary amides is 1. The fraction of sp³-hybridized carbons (Fsp3) is 0.333. The minimum Gasteiger partial charge on any atom is -0.391 e. The molecule has 0 saturated carbocycles. The highest BCUT2D eigenvalue weighted by molar-refractivity contribution is 5.85. The maximum atomic E-state index is 13.0. The standard InChI is InChI=1S/C24H29N3O3/c25-22(28)15-17-26-16-7-14-23(29)27-18-8-13-21(27)24(30,19-9-3-1-4-10-19)20-11-5-2-6-12-20/h1-6,9-12,15,17,21,26,30H,7-8,13-14,16,18H2,(H2,25,28)/b17-15-/t21-/m0/s1. The summed E-state index contributed by atoms with van der Waals surface area (Å²) in [4.78, 5) is 25.5. The highest BCUT2D eigenvalue weighted by atomic mass is 16.3. The zero-order valence-electron chi connectivity index (χ0n) is 17.0. The van der Waals surface area contributed by atoms with E-state index in [1.54, 1.807) is 0 Å². The minimum atomic E-state index is -1.27. The number of amides is 2. The number of likely N-dealkylation sites (tertiary alicyclic amines) is 1. The van der Waals surface area contributed by atoms with Crippen LogP contribution in [-0.2, 0) is 15.2 Å². The summed E-state index contributed by atoms with van der Waals surface area (Å²) < 4.78 is 0. The molecule has 30 heavy (non-hydrogen) atoms. The predicted molar refractivity (Wildman–Crippen MR) is 116 cm³/mol. The van der Waals surface area contributed by atoms with Gasteiger partial charge in [0.25, 0.3) is 0 Å². The van der Waals surface area contributed by atoms with Crippen LogP contribution in [0.5, 0.6) is 0 Å². The molecular formula is C24H29N3O3. The third kappa shape index (κ3) is 4.89. The van der Waals surface area contributed by atoms with Gasteiger partial charge in [-0.05, 0) is 30.4 Å². The number of hydrogen-bond donors (Lipinski definition) is 3. The van der Waals surface area contributed by atoms with Gasteiger partial charge in [0.05, 0.1) is 6.04 Å². The zero-order chi connectivity index (χ0) is 21.4. The van der Waals surface area contributed by atoms with Crippen LogP contribution in [0.2, 0.25) is 0 Å². The molecule has 0 aromatic heterocycles. The van der Waals surface area contributed by atoms with Crippen LogP contribution in [-0.4, -0.2) is 41.0 Å². The first-order valence-corrected chi connectivity index (χ1v) is 10.4. The van der Waals surface area contributed by atoms with E-state index in [2.05, 4.69) is 5.32 Å². The molecule has 1 fully saturated rings. The van der Waals surface area contributed by atoms with E-state index in [1.165, 1.54) is 12.3 Å². The molecule has 0 spiro atoms. The second kappa shape index (κ2) is 10.1. The number of benzene rings is 2. The Morgan fingerprint density at radius 1 is 1.10 bits per heavy atom. The van der Waals surface area contributed by atoms with Crippen LogP contribution in [0.3, 0.4) is 0 Å². The largest absolute Gasteiger partial charge is 0.391 e. The Hall–Kier alpha value is -3.12. The molecule has 2 aromatic rings. The summed E-state index contributed by atoms with van der Waals surface area (Å²) in [6.45, 7) is 1.20. The van der Waals surface area contributed by atoms with Gasteiger partial charge >= 0.3 is 0 Å². The van der Waals surface area contributed by atoms with E-state index in [-0.39, 0.29) is 11.9 Å². The van der Waals surface area contributed by atoms with Gasteiger partial charge in [0.1, 0.15) is 5.60 Å². The first-order valence-electron chi connectivity index (χ1n) is 10.4. The Kier molecular flexibility index (Phi) is 7.25. The van der Waals surface area contributed by atoms with Crippen LogP contribution in [0.1, 0.15) is 36.8 Å². The van der Waals surface area contributed by atoms with Gasteiger partial charge < -0.3 is 21.1 Å². The number of nitrogens with two attached hydrogens (primary N) is 1. The summed E-state index contributed by atoms with van der Waals surface area (Å²) in [7, 11) is 0. The third-order valence-electron chi connectivity index (χ3n) is 5.56. The van der Waals surface area contributed by atoms with Crippen molar-refractivity contribution in [3.05, 3.63) is 84.1 Å². The fourth-order valence-corrected chi connectivity index (χ4v) is 4.15. The van der Waals surface area contributed by atoms with E-state index in [1.807, 2.05) is 65.6 Å². The molecule has 6 nitrogen and oxygen atoms in total. The molecule has 1 aliphatic heterocycles. The van der Waals surface area contributed by atoms with Crippen molar-refractivity contribution in [2.75, 3.05) is 13.1 Å². The van der Waals surface area contributed by atoms with Gasteiger partial charge in [-0.3, -0.25) is 9.59 Å². The van der Waals surface area contributed by atoms with Gasteiger partial charge in [-0.1, -0.05) is 60.7 Å². The quantitative estimate of drug-likeness (QED) is 0.439. The summed E-state index contributed by atoms with van der Waals surface area (Å²) in [6, 6.07) is 18.9. The van der Waals surface area contributed by atoms with Gasteiger partial charge in [-0.2, -0.15) is 0 Å². The van der Waals surface area contributed by atoms with Crippen LogP contribution in [0, 0.1) is 0 Å². The lowest BCUT2D eigenvalue weighted by molar-refractivity contribution is -0.136. The average molecular weight is 408 g/mol. The third-order valence-corrected chi connectivity index (χ3v) is 5.56. The average Bonchev–Trinajstić information content (AvgIpc) is 3.27. The Bertz CT molecular complexity index is 828. The van der Waals surface area contributed by atoms with E-state index >= 15 is 0 Å². The number of rotatable bonds is 9. The fourth-order valence-electron chi connectivity index (χ4n) is 4.15. The maximum Gasteiger partial charge on any atom is 0.242 e. The summed E-state index contributed by atoms with van der Waals surface area (Å²) >= 11 is 0. The molecule has 1 aliphatic rings. The number of nitrogens with one attached hydrogen (secondary N) is 1. The van der Waals surface area contributed by atoms with Crippen molar-refractivity contribution in [2.24, 2.45) is 5.73 Å². The van der Waals surface area contributed by atoms with Crippen LogP contribution >= 0.6 is 0 Å². The van der Waals surface area contributed by atoms with Crippen molar-refractivity contribution in [2.45, 2.75) is 37.3 Å². The Balaban J connectivity index is 1.75. The lowest BCUT2D eigenvalue weighted by atomic mass is 9.79. The highest BCUT2D eigenvalue weighted by Crippen LogP contribution is 2.40. The van der Waals surface area contributed by atoms with Gasteiger partial charge in [0.2, 0.25) is 11.8 Å². The van der Waals surface area contributed by atoms with Crippen LogP contribution in [0.15, 0.2) is 72.9 Å². The number of carbonyl (C=O) groups excluding carboxylic acids is 2. The Labute approximate surface area is 177 Å². The normalized spacial score (nSPS) is 16.7. The molecule has 0 unspecified atom stereocenters. The van der Waals surface area contributed by atoms with E-state index in [9.17, 15) is 14.7 Å². The number of aliphatic hydroxyl groups is 1. The summed E-state index contributed by atoms with van der Waals surface area (Å²) in [5.74, 6) is -0.483. The van der Waals surface area contributed by atoms with Crippen molar-refractivity contribution in [3.8, 4) is 0 Å². The Morgan fingerprint density at radius 3 is 2.27 bits per heavy atom. The lowest BCUT2D eigenvalue weighted by Crippen LogP contribution is -2.50. The van der Waals surface area contributed by atoms with E-state index in [0.717, 1.165) is 24.0 Å². The van der Waals surface area contributed by atoms with E-state index < -0.39 is 11.5 Å². The van der Waals surface area contributed by atoms with Crippen molar-refractivity contribution in [3.63, 3.8) is 0 Å². The first kappa shape index (κ1) is 21.6. The van der Waals surface area contributed by atoms with E-state index in [0.29, 0.717) is 25.9 Å². The summed E-state index contributed by atoms with van der Waals surface area (Å²) in [5.41, 5.74) is 5.35. The Morgan fingerprint density at radius 2 is 1.70 bits per heavy atom. The molecule has 1 heterocycles. The predicted octanol–water partition coefficient (Wildman–Crippen LogP) is 2.28. The summed E-state index contributed by atoms with van der Waals surface area (Å²) in [5, 5.41) is 15.0. The monoisotopic (exact) mass is 407 g/mol. The highest BCUT2D eigenvalue weighted by Gasteiger charge is 2.46. The maximum absolute atomic E-state index is 13.0. The molecule has 158 valence electrons. The van der Waals surface area contributed by atoms with E-state index in [4.69, 9.17) is 5.73 Å². The SMILES string of the molecule is NC(=O)/C=C\NCCCC(=O)N1CCC[C@H]1C(O)(c1ccccc1)c1ccccc1. The first-order chi connectivity index (χ1) is 14.5. The second-order valence-electron chi connectivity index (χ2n) is 7.54. The molecule has 0 bridgehead atoms. The molecule has 3 rings (SSSR count). The van der Waals surface area contributed by atoms with Gasteiger partial charge in [-0.15, -0.1) is 0 Å². The molecule has 1 atom stereocenters. The van der Waals surface area contributed by atoms with Gasteiger partial charge in [0.15, 0.2) is 0 Å². The van der Waals surface area contributed by atoms with Gasteiger partial charge in [0, 0.05) is 31.8 Å². The number of hydrogen-bond acceptors (Lipinski definition) is 4. The zero-order valence-corrected chi connectivity index (χ0v) is 17.0. The van der Waals surface area contributed by atoms with Crippen LogP contribution in [0.4, 0.5) is 0 Å². The molecule has 2 aromatic carbocycles. The van der Waals surface area contributed by atoms with Crippen molar-refractivity contribution in [1.29, 1.82) is 0 Å². The number of nitrogens with zero attached hydrogens (tertiary/aromatic N) is 1. The van der Waals surface area contributed by atoms with Crippen molar-refractivity contribution in [1.82, 2.24) is 10.2 Å². The van der Waals surface area contributed by atoms with Crippen LogP contribution < -0.4 is 11.1 Å². The molecule has 0 aliphatic carbocycles.